The molecular formula is C29H28N2Te. The summed E-state index contributed by atoms with van der Waals surface area (Å²) >= 11 is -0.677. The van der Waals surface area contributed by atoms with E-state index in [9.17, 15) is 0 Å². The summed E-state index contributed by atoms with van der Waals surface area (Å²) in [7, 11) is 0. The molecule has 0 bridgehead atoms. The summed E-state index contributed by atoms with van der Waals surface area (Å²) in [6.07, 6.45) is 0. The van der Waals surface area contributed by atoms with Crippen LogP contribution in [0.2, 0.25) is 0 Å². The van der Waals surface area contributed by atoms with Crippen LogP contribution in [0.15, 0.2) is 114 Å². The van der Waals surface area contributed by atoms with Gasteiger partial charge in [-0.2, -0.15) is 0 Å². The molecule has 0 fully saturated rings. The predicted molar refractivity (Wildman–Crippen MR) is 137 cm³/mol. The zero-order chi connectivity index (χ0) is 22.2. The van der Waals surface area contributed by atoms with Crippen molar-refractivity contribution >= 4 is 34.0 Å². The van der Waals surface area contributed by atoms with Crippen molar-refractivity contribution in [2.75, 3.05) is 0 Å². The summed E-state index contributed by atoms with van der Waals surface area (Å²) in [6, 6.07) is 38.6. The molecule has 1 unspecified atom stereocenters. The minimum atomic E-state index is -0.677. The molecule has 2 nitrogen and oxygen atoms in total. The SMILES string of the molecule is Cc1cccc(C)c1N=C([Te]c1ccccc1)C(NCc1ccccc1)c1ccccc1. The molecule has 160 valence electrons. The van der Waals surface area contributed by atoms with Gasteiger partial charge in [-0.15, -0.1) is 0 Å². The van der Waals surface area contributed by atoms with E-state index in [-0.39, 0.29) is 6.04 Å². The molecule has 32 heavy (non-hydrogen) atoms. The Balaban J connectivity index is 1.77. The number of para-hydroxylation sites is 1. The summed E-state index contributed by atoms with van der Waals surface area (Å²) in [5.41, 5.74) is 6.08. The van der Waals surface area contributed by atoms with Crippen molar-refractivity contribution in [3.05, 3.63) is 131 Å². The number of hydrogen-bond donors (Lipinski definition) is 1. The van der Waals surface area contributed by atoms with Crippen LogP contribution >= 0.6 is 0 Å². The molecular weight excluding hydrogens is 504 g/mol. The number of nitrogens with one attached hydrogen (secondary N) is 1. The molecule has 1 atom stereocenters. The Labute approximate surface area is 201 Å². The Morgan fingerprint density at radius 2 is 1.28 bits per heavy atom. The standard InChI is InChI=1S/C29H28N2Te/c1-22-13-12-14-23(2)27(22)31-29(32-26-19-10-5-11-20-26)28(25-17-8-4-9-18-25)30-21-24-15-6-3-7-16-24/h3-20,28,30H,21H2,1-2H3. The van der Waals surface area contributed by atoms with Gasteiger partial charge in [-0.1, -0.05) is 0 Å². The Bertz CT molecular complexity index is 1140. The zero-order valence-electron chi connectivity index (χ0n) is 18.5. The second-order valence-corrected chi connectivity index (χ2v) is 10.9. The second kappa shape index (κ2) is 11.2. The van der Waals surface area contributed by atoms with Crippen molar-refractivity contribution in [1.82, 2.24) is 5.32 Å². The van der Waals surface area contributed by atoms with Crippen LogP contribution in [0.1, 0.15) is 28.3 Å². The van der Waals surface area contributed by atoms with Gasteiger partial charge in [0.1, 0.15) is 0 Å². The number of hydrogen-bond acceptors (Lipinski definition) is 2. The van der Waals surface area contributed by atoms with Crippen molar-refractivity contribution in [3.8, 4) is 0 Å². The van der Waals surface area contributed by atoms with Crippen molar-refractivity contribution in [2.24, 2.45) is 4.99 Å². The van der Waals surface area contributed by atoms with Crippen molar-refractivity contribution in [3.63, 3.8) is 0 Å². The van der Waals surface area contributed by atoms with Gasteiger partial charge in [0.2, 0.25) is 0 Å². The van der Waals surface area contributed by atoms with E-state index in [1.54, 1.807) is 0 Å². The van der Waals surface area contributed by atoms with E-state index in [0.29, 0.717) is 0 Å². The van der Waals surface area contributed by atoms with Crippen molar-refractivity contribution in [2.45, 2.75) is 26.4 Å². The van der Waals surface area contributed by atoms with Crippen LogP contribution in [0.5, 0.6) is 0 Å². The van der Waals surface area contributed by atoms with Gasteiger partial charge in [0.15, 0.2) is 0 Å². The van der Waals surface area contributed by atoms with E-state index in [0.717, 1.165) is 12.2 Å². The number of aliphatic imine (C=N–C) groups is 1. The van der Waals surface area contributed by atoms with Gasteiger partial charge in [-0.3, -0.25) is 0 Å². The Morgan fingerprint density at radius 1 is 0.719 bits per heavy atom. The molecule has 0 amide bonds. The first-order chi connectivity index (χ1) is 15.7. The average molecular weight is 532 g/mol. The van der Waals surface area contributed by atoms with Crippen LogP contribution in [-0.2, 0) is 6.54 Å². The molecule has 0 heterocycles. The van der Waals surface area contributed by atoms with E-state index in [2.05, 4.69) is 128 Å². The van der Waals surface area contributed by atoms with Crippen LogP contribution in [0.25, 0.3) is 0 Å². The quantitative estimate of drug-likeness (QED) is 0.222. The third-order valence-electron chi connectivity index (χ3n) is 5.36. The first kappa shape index (κ1) is 22.5. The summed E-state index contributed by atoms with van der Waals surface area (Å²) in [4.78, 5) is 5.35. The van der Waals surface area contributed by atoms with E-state index < -0.39 is 20.9 Å². The maximum absolute atomic E-state index is 5.35. The summed E-state index contributed by atoms with van der Waals surface area (Å²) in [6.45, 7) is 5.11. The zero-order valence-corrected chi connectivity index (χ0v) is 20.9. The molecule has 0 radical (unpaired) electrons. The van der Waals surface area contributed by atoms with Gasteiger partial charge in [0.05, 0.1) is 0 Å². The van der Waals surface area contributed by atoms with Gasteiger partial charge < -0.3 is 0 Å². The number of rotatable bonds is 8. The molecule has 3 heteroatoms. The van der Waals surface area contributed by atoms with E-state index in [1.807, 2.05) is 0 Å². The maximum atomic E-state index is 5.35. The monoisotopic (exact) mass is 534 g/mol. The molecule has 4 rings (SSSR count). The predicted octanol–water partition coefficient (Wildman–Crippen LogP) is 5.89. The summed E-state index contributed by atoms with van der Waals surface area (Å²) in [5.74, 6) is 0. The summed E-state index contributed by atoms with van der Waals surface area (Å²) in [5, 5.41) is 3.83. The number of nitrogens with zero attached hydrogens (tertiary/aromatic N) is 1. The van der Waals surface area contributed by atoms with Gasteiger partial charge in [0.25, 0.3) is 0 Å². The van der Waals surface area contributed by atoms with Crippen molar-refractivity contribution in [1.29, 1.82) is 0 Å². The molecule has 0 aliphatic rings. The Kier molecular flexibility index (Phi) is 7.91. The summed E-state index contributed by atoms with van der Waals surface area (Å²) < 4.78 is 2.64. The second-order valence-electron chi connectivity index (χ2n) is 7.82. The number of benzene rings is 4. The third kappa shape index (κ3) is 5.96. The van der Waals surface area contributed by atoms with E-state index in [1.165, 1.54) is 29.6 Å². The normalized spacial score (nSPS) is 12.5. The van der Waals surface area contributed by atoms with Crippen LogP contribution in [0.4, 0.5) is 5.69 Å². The van der Waals surface area contributed by atoms with Crippen LogP contribution in [-0.4, -0.2) is 24.7 Å². The molecule has 0 saturated heterocycles. The molecule has 0 aliphatic heterocycles. The molecule has 0 spiro atoms. The van der Waals surface area contributed by atoms with Crippen LogP contribution in [0.3, 0.4) is 0 Å². The molecule has 4 aromatic carbocycles. The minimum absolute atomic E-state index is 0.0676. The average Bonchev–Trinajstić information content (AvgIpc) is 2.83. The molecule has 0 aliphatic carbocycles. The fourth-order valence-electron chi connectivity index (χ4n) is 3.66. The van der Waals surface area contributed by atoms with Crippen molar-refractivity contribution < 1.29 is 0 Å². The Morgan fingerprint density at radius 3 is 1.91 bits per heavy atom. The molecule has 0 saturated carbocycles. The fourth-order valence-corrected chi connectivity index (χ4v) is 6.54. The van der Waals surface area contributed by atoms with Gasteiger partial charge >= 0.3 is 202 Å². The van der Waals surface area contributed by atoms with E-state index >= 15 is 0 Å². The first-order valence-corrected chi connectivity index (χ1v) is 13.2. The topological polar surface area (TPSA) is 24.4 Å². The fraction of sp³-hybridized carbons (Fsp3) is 0.138. The number of aryl methyl sites for hydroxylation is 2. The van der Waals surface area contributed by atoms with Crippen LogP contribution < -0.4 is 8.93 Å². The van der Waals surface area contributed by atoms with Gasteiger partial charge in [0, 0.05) is 0 Å². The van der Waals surface area contributed by atoms with Gasteiger partial charge in [-0.25, -0.2) is 0 Å². The van der Waals surface area contributed by atoms with E-state index in [4.69, 9.17) is 4.99 Å². The molecule has 0 aromatic heterocycles. The third-order valence-corrected chi connectivity index (χ3v) is 8.34. The first-order valence-electron chi connectivity index (χ1n) is 10.9. The molecule has 4 aromatic rings. The Hall–Kier alpha value is -2.70. The molecule has 1 N–H and O–H groups in total. The van der Waals surface area contributed by atoms with Crippen LogP contribution in [0, 0.1) is 13.8 Å². The van der Waals surface area contributed by atoms with Gasteiger partial charge in [-0.05, 0) is 0 Å².